The van der Waals surface area contributed by atoms with Crippen LogP contribution in [0.3, 0.4) is 0 Å². The van der Waals surface area contributed by atoms with Crippen molar-refractivity contribution in [3.63, 3.8) is 0 Å². The number of aliphatic carboxylic acids is 1. The van der Waals surface area contributed by atoms with Gasteiger partial charge in [-0.25, -0.2) is 0 Å². The van der Waals surface area contributed by atoms with E-state index in [0.717, 1.165) is 6.92 Å². The second kappa shape index (κ2) is 15.1. The summed E-state index contributed by atoms with van der Waals surface area (Å²) >= 11 is 0. The van der Waals surface area contributed by atoms with Crippen molar-refractivity contribution in [3.8, 4) is 0 Å². The van der Waals surface area contributed by atoms with Gasteiger partial charge in [-0.3, -0.25) is 9.36 Å². The van der Waals surface area contributed by atoms with Crippen molar-refractivity contribution in [2.75, 3.05) is 14.2 Å². The van der Waals surface area contributed by atoms with Gasteiger partial charge in [0, 0.05) is 21.1 Å². The molecule has 1 rings (SSSR count). The largest absolute Gasteiger partial charge is 1.00 e. The molecule has 1 aromatic carbocycles. The Morgan fingerprint density at radius 2 is 1.53 bits per heavy atom. The van der Waals surface area contributed by atoms with Gasteiger partial charge in [0.15, 0.2) is 17.4 Å². The summed E-state index contributed by atoms with van der Waals surface area (Å²) < 4.78 is 21.3. The van der Waals surface area contributed by atoms with E-state index in [0.29, 0.717) is 5.30 Å². The van der Waals surface area contributed by atoms with Gasteiger partial charge < -0.3 is 15.6 Å². The minimum atomic E-state index is -3.03. The quantitative estimate of drug-likeness (QED) is 0.523. The van der Waals surface area contributed by atoms with Gasteiger partial charge in [0.2, 0.25) is 0 Å². The van der Waals surface area contributed by atoms with Crippen LogP contribution in [0.2, 0.25) is 0 Å². The van der Waals surface area contributed by atoms with Crippen molar-refractivity contribution < 1.29 is 54.5 Å². The number of hydrogen-bond acceptors (Lipinski definition) is 4. The Morgan fingerprint density at radius 1 is 1.21 bits per heavy atom. The summed E-state index contributed by atoms with van der Waals surface area (Å²) in [5.41, 5.74) is 0. The Balaban J connectivity index is -0.0000000844. The van der Waals surface area contributed by atoms with Gasteiger partial charge in [0.1, 0.15) is 0 Å². The second-order valence-electron chi connectivity index (χ2n) is 2.72. The first-order valence-corrected chi connectivity index (χ1v) is 5.97. The second-order valence-corrected chi connectivity index (χ2v) is 4.96. The standard InChI is InChI=1S/C8H11O3P.C2H4O2.Al.ClH.Na.4H/c1-10-12(9,11-2)8-6-4-3-5-7-8;1-2(3)4;;;;;;;/h3-7H,1-2H3;1H3,(H,3,4);;1H;;;;;/q;;;;+1;;;;-1. The third-order valence-electron chi connectivity index (χ3n) is 1.55. The van der Waals surface area contributed by atoms with E-state index in [2.05, 4.69) is 0 Å². The molecule has 1 N–H and O–H groups in total. The molecule has 0 aliphatic heterocycles. The summed E-state index contributed by atoms with van der Waals surface area (Å²) in [6.45, 7) is 1.08. The van der Waals surface area contributed by atoms with Gasteiger partial charge in [0.05, 0.1) is 5.30 Å². The van der Waals surface area contributed by atoms with E-state index in [9.17, 15) is 4.57 Å². The van der Waals surface area contributed by atoms with Gasteiger partial charge >= 0.3 is 37.2 Å². The molecule has 0 amide bonds. The molecule has 5 nitrogen and oxygen atoms in total. The Bertz CT molecular complexity index is 373. The number of carboxylic acids is 1. The monoisotopic (exact) mass is 336 g/mol. The third kappa shape index (κ3) is 12.1. The fraction of sp³-hybridized carbons (Fsp3) is 0.300. The van der Waals surface area contributed by atoms with E-state index in [1.165, 1.54) is 14.2 Å². The number of carbonyl (C=O) groups is 1. The number of carboxylic acid groups (broad SMARTS) is 1. The van der Waals surface area contributed by atoms with Crippen molar-refractivity contribution in [1.29, 1.82) is 0 Å². The molecule has 0 aliphatic rings. The molecule has 0 fully saturated rings. The van der Waals surface area contributed by atoms with Crippen molar-refractivity contribution >= 4 is 48.6 Å². The van der Waals surface area contributed by atoms with Crippen LogP contribution in [0, 0.1) is 0 Å². The Hall–Kier alpha value is 0.662. The predicted octanol–water partition coefficient (Wildman–Crippen LogP) is -1.76. The molecule has 106 valence electrons. The molecule has 0 unspecified atom stereocenters. The Morgan fingerprint density at radius 3 is 1.79 bits per heavy atom. The summed E-state index contributed by atoms with van der Waals surface area (Å²) in [5, 5.41) is 8.00. The number of hydrogen-bond donors (Lipinski definition) is 1. The van der Waals surface area contributed by atoms with E-state index in [1.807, 2.05) is 6.07 Å². The molecule has 0 radical (unpaired) electrons. The molecule has 0 heterocycles. The maximum absolute atomic E-state index is 11.7. The number of benzene rings is 1. The van der Waals surface area contributed by atoms with Crippen molar-refractivity contribution in [3.05, 3.63) is 30.3 Å². The first-order chi connectivity index (χ1) is 7.46. The molecule has 19 heavy (non-hydrogen) atoms. The predicted molar refractivity (Wildman–Crippen MR) is 79.3 cm³/mol. The van der Waals surface area contributed by atoms with Crippen molar-refractivity contribution in [1.82, 2.24) is 0 Å². The summed E-state index contributed by atoms with van der Waals surface area (Å²) in [4.78, 5) is 9.00. The van der Waals surface area contributed by atoms with Crippen LogP contribution in [0.15, 0.2) is 30.3 Å². The maximum atomic E-state index is 11.7. The summed E-state index contributed by atoms with van der Waals surface area (Å²) in [6.07, 6.45) is 0. The summed E-state index contributed by atoms with van der Waals surface area (Å²) in [6, 6.07) is 8.86. The zero-order valence-corrected chi connectivity index (χ0v) is 14.5. The van der Waals surface area contributed by atoms with Crippen molar-refractivity contribution in [2.45, 2.75) is 6.92 Å². The van der Waals surface area contributed by atoms with E-state index in [-0.39, 0.29) is 60.8 Å². The topological polar surface area (TPSA) is 72.8 Å². The molecule has 1 aromatic rings. The van der Waals surface area contributed by atoms with E-state index < -0.39 is 13.6 Å². The molecule has 0 saturated carbocycles. The molecule has 0 saturated heterocycles. The van der Waals surface area contributed by atoms with E-state index in [1.54, 1.807) is 24.3 Å². The van der Waals surface area contributed by atoms with Crippen molar-refractivity contribution in [2.24, 2.45) is 0 Å². The molecular formula is C10H20AlClNaO5P. The molecule has 0 bridgehead atoms. The Kier molecular flexibility index (Phi) is 22.1. The van der Waals surface area contributed by atoms with Gasteiger partial charge in [-0.15, -0.1) is 12.4 Å². The van der Waals surface area contributed by atoms with E-state index >= 15 is 0 Å². The molecule has 9 heteroatoms. The van der Waals surface area contributed by atoms with Crippen LogP contribution in [-0.2, 0) is 18.4 Å². The van der Waals surface area contributed by atoms with Crippen LogP contribution in [0.4, 0.5) is 0 Å². The van der Waals surface area contributed by atoms with Gasteiger partial charge in [-0.1, -0.05) is 18.2 Å². The molecule has 0 aromatic heterocycles. The van der Waals surface area contributed by atoms with Gasteiger partial charge in [-0.2, -0.15) is 0 Å². The minimum Gasteiger partial charge on any atom is -1.00 e. The number of halogens is 1. The number of rotatable bonds is 3. The Labute approximate surface area is 153 Å². The average Bonchev–Trinajstić information content (AvgIpc) is 2.28. The summed E-state index contributed by atoms with van der Waals surface area (Å²) in [7, 11) is -0.289. The van der Waals surface area contributed by atoms with Crippen LogP contribution in [0.1, 0.15) is 8.35 Å². The first kappa shape index (κ1) is 27.9. The van der Waals surface area contributed by atoms with Crippen LogP contribution < -0.4 is 34.9 Å². The normalized spacial score (nSPS) is 8.58. The van der Waals surface area contributed by atoms with Gasteiger partial charge in [-0.05, 0) is 12.1 Å². The third-order valence-corrected chi connectivity index (χ3v) is 3.45. The first-order valence-electron chi connectivity index (χ1n) is 4.43. The van der Waals surface area contributed by atoms with Crippen LogP contribution in [0.5, 0.6) is 0 Å². The zero-order valence-electron chi connectivity index (χ0n) is 11.8. The van der Waals surface area contributed by atoms with Crippen LogP contribution in [0.25, 0.3) is 0 Å². The molecule has 0 aliphatic carbocycles. The van der Waals surface area contributed by atoms with Gasteiger partial charge in [0.25, 0.3) is 5.97 Å². The molecule has 0 spiro atoms. The molecular weight excluding hydrogens is 317 g/mol. The average molecular weight is 337 g/mol. The smallest absolute Gasteiger partial charge is 1.00 e. The van der Waals surface area contributed by atoms with Crippen LogP contribution in [-0.4, -0.2) is 42.7 Å². The molecule has 0 atom stereocenters. The zero-order chi connectivity index (χ0) is 12.6. The van der Waals surface area contributed by atoms with Crippen LogP contribution >= 0.6 is 20.0 Å². The minimum absolute atomic E-state index is 0. The fourth-order valence-corrected chi connectivity index (χ4v) is 2.00. The fourth-order valence-electron chi connectivity index (χ4n) is 0.896. The SMILES string of the molecule is CC(=O)O.COP(=O)(OC)c1ccccc1.Cl.[AlH3].[H-].[Na+]. The summed E-state index contributed by atoms with van der Waals surface area (Å²) in [5.74, 6) is -0.833. The maximum Gasteiger partial charge on any atom is 1.00 e. The van der Waals surface area contributed by atoms with E-state index in [4.69, 9.17) is 18.9 Å².